The summed E-state index contributed by atoms with van der Waals surface area (Å²) in [5, 5.41) is 0. The molecule has 0 fully saturated rings. The Balaban J connectivity index is 0.938. The predicted octanol–water partition coefficient (Wildman–Crippen LogP) is 22.4. The average Bonchev–Trinajstić information content (AvgIpc) is 4.37. The third kappa shape index (κ3) is 11.7. The zero-order valence-electron chi connectivity index (χ0n) is 46.7. The predicted molar refractivity (Wildman–Crippen MR) is 338 cm³/mol. The summed E-state index contributed by atoms with van der Waals surface area (Å²) in [4.78, 5) is 7.77. The van der Waals surface area contributed by atoms with Crippen molar-refractivity contribution >= 4 is 55.1 Å². The molecule has 1 aliphatic heterocycles. The first-order valence-corrected chi connectivity index (χ1v) is 33.7. The van der Waals surface area contributed by atoms with Crippen molar-refractivity contribution in [2.24, 2.45) is 0 Å². The van der Waals surface area contributed by atoms with Gasteiger partial charge in [0.15, 0.2) is 0 Å². The third-order valence-corrected chi connectivity index (χ3v) is 22.0. The van der Waals surface area contributed by atoms with Crippen LogP contribution in [0.1, 0.15) is 251 Å². The molecule has 0 saturated carbocycles. The normalized spacial score (nSPS) is 14.5. The fourth-order valence-electron chi connectivity index (χ4n) is 13.6. The molecule has 3 aromatic heterocycles. The molecule has 0 atom stereocenters. The Morgan fingerprint density at radius 1 is 0.329 bits per heavy atom. The summed E-state index contributed by atoms with van der Waals surface area (Å²) in [6.45, 7) is 9.31. The lowest BCUT2D eigenvalue weighted by molar-refractivity contribution is 0.398. The van der Waals surface area contributed by atoms with Gasteiger partial charge in [0, 0.05) is 30.3 Å². The zero-order chi connectivity index (χ0) is 52.2. The molecule has 0 N–H and O–H groups in total. The topological polar surface area (TPSA) is 25.8 Å². The zero-order valence-corrected chi connectivity index (χ0v) is 50.0. The number of fused-ring (bicyclic) bond motifs is 7. The Morgan fingerprint density at radius 2 is 0.658 bits per heavy atom. The molecular weight excluding hydrogens is 997 g/mol. The van der Waals surface area contributed by atoms with Gasteiger partial charge < -0.3 is 0 Å². The summed E-state index contributed by atoms with van der Waals surface area (Å²) in [5.74, 6) is 0. The SMILES string of the molecule is CCCCCCCCC1(CCCCCCCC)c2ccccc2-c2ccc(-c3ccc(C4=S=C(c5ccc(-c6ccc7c(c6)C(CCCCCCCC)(CCCCCCCC)c6ccccc6-7)s5)c5nsnc54)s3)cc21. The average molecular weight is 1080 g/mol. The van der Waals surface area contributed by atoms with Gasteiger partial charge in [-0.05, 0) is 118 Å². The highest BCUT2D eigenvalue weighted by atomic mass is 32.1. The van der Waals surface area contributed by atoms with E-state index in [1.165, 1.54) is 254 Å². The van der Waals surface area contributed by atoms with Crippen molar-refractivity contribution in [1.82, 2.24) is 8.75 Å². The Kier molecular flexibility index (Phi) is 19.3. The number of hydrogen-bond acceptors (Lipinski definition) is 5. The van der Waals surface area contributed by atoms with Crippen molar-refractivity contribution < 1.29 is 0 Å². The largest absolute Gasteiger partial charge is 0.171 e. The second-order valence-corrected chi connectivity index (χ2v) is 26.6. The van der Waals surface area contributed by atoms with Crippen molar-refractivity contribution in [3.63, 3.8) is 0 Å². The Bertz CT molecular complexity index is 2850. The van der Waals surface area contributed by atoms with Crippen molar-refractivity contribution in [1.29, 1.82) is 0 Å². The van der Waals surface area contributed by atoms with Crippen LogP contribution < -0.4 is 0 Å². The second-order valence-electron chi connectivity index (χ2n) is 22.9. The van der Waals surface area contributed by atoms with Gasteiger partial charge >= 0.3 is 0 Å². The summed E-state index contributed by atoms with van der Waals surface area (Å²) in [7, 11) is 1.89. The van der Waals surface area contributed by atoms with Crippen LogP contribution in [-0.4, -0.2) is 18.5 Å². The van der Waals surface area contributed by atoms with E-state index in [4.69, 9.17) is 8.75 Å². The number of aromatic nitrogens is 2. The molecule has 0 radical (unpaired) electrons. The highest BCUT2D eigenvalue weighted by Crippen LogP contribution is 2.57. The highest BCUT2D eigenvalue weighted by Gasteiger charge is 2.44. The molecule has 10 rings (SSSR count). The van der Waals surface area contributed by atoms with Crippen LogP contribution in [0.5, 0.6) is 0 Å². The molecule has 3 aliphatic rings. The van der Waals surface area contributed by atoms with Gasteiger partial charge in [-0.15, -0.1) is 33.6 Å². The molecule has 6 heteroatoms. The van der Waals surface area contributed by atoms with Gasteiger partial charge in [-0.1, -0.05) is 255 Å². The number of hydrogen-bond donors (Lipinski definition) is 0. The molecule has 4 aromatic carbocycles. The molecule has 4 heterocycles. The lowest BCUT2D eigenvalue weighted by Gasteiger charge is -2.33. The summed E-state index contributed by atoms with van der Waals surface area (Å²) in [6, 6.07) is 43.4. The van der Waals surface area contributed by atoms with E-state index < -0.39 is 0 Å². The van der Waals surface area contributed by atoms with Gasteiger partial charge in [0.2, 0.25) is 0 Å². The first kappa shape index (κ1) is 55.1. The molecule has 2 aliphatic carbocycles. The van der Waals surface area contributed by atoms with E-state index in [1.54, 1.807) is 22.3 Å². The van der Waals surface area contributed by atoms with Gasteiger partial charge in [0.05, 0.1) is 21.5 Å². The maximum absolute atomic E-state index is 5.00. The van der Waals surface area contributed by atoms with Crippen LogP contribution in [0.3, 0.4) is 0 Å². The summed E-state index contributed by atoms with van der Waals surface area (Å²) >= 11 is 5.23. The van der Waals surface area contributed by atoms with E-state index in [2.05, 4.69) is 137 Å². The fraction of sp³-hybridized carbons (Fsp3) is 0.486. The lowest BCUT2D eigenvalue weighted by atomic mass is 9.70. The molecule has 400 valence electrons. The van der Waals surface area contributed by atoms with Crippen LogP contribution in [0.4, 0.5) is 0 Å². The smallest absolute Gasteiger partial charge is 0.124 e. The summed E-state index contributed by atoms with van der Waals surface area (Å²) in [6.07, 6.45) is 37.1. The molecule has 76 heavy (non-hydrogen) atoms. The summed E-state index contributed by atoms with van der Waals surface area (Å²) in [5.41, 5.74) is 17.2. The number of benzene rings is 4. The maximum atomic E-state index is 5.00. The van der Waals surface area contributed by atoms with Crippen LogP contribution in [0.2, 0.25) is 0 Å². The maximum Gasteiger partial charge on any atom is 0.124 e. The Morgan fingerprint density at radius 3 is 1.04 bits per heavy atom. The number of rotatable bonds is 32. The van der Waals surface area contributed by atoms with Gasteiger partial charge in [0.1, 0.15) is 11.4 Å². The first-order chi connectivity index (χ1) is 37.5. The minimum atomic E-state index is 0.0766. The van der Waals surface area contributed by atoms with E-state index >= 15 is 0 Å². The molecule has 0 spiro atoms. The molecule has 2 nitrogen and oxygen atoms in total. The minimum Gasteiger partial charge on any atom is -0.171 e. The van der Waals surface area contributed by atoms with Crippen LogP contribution in [0.25, 0.3) is 43.1 Å². The highest BCUT2D eigenvalue weighted by molar-refractivity contribution is 8.00. The molecule has 0 saturated heterocycles. The molecule has 0 bridgehead atoms. The van der Waals surface area contributed by atoms with Crippen molar-refractivity contribution in [2.45, 2.75) is 218 Å². The van der Waals surface area contributed by atoms with Crippen LogP contribution in [0, 0.1) is 0 Å². The van der Waals surface area contributed by atoms with Crippen molar-refractivity contribution in [3.05, 3.63) is 153 Å². The van der Waals surface area contributed by atoms with Crippen LogP contribution in [-0.2, 0) is 10.8 Å². The number of thiophene rings is 2. The van der Waals surface area contributed by atoms with E-state index in [0.29, 0.717) is 0 Å². The van der Waals surface area contributed by atoms with Gasteiger partial charge in [-0.2, -0.15) is 8.75 Å². The summed E-state index contributed by atoms with van der Waals surface area (Å²) < 4.78 is 10.00. The molecule has 0 unspecified atom stereocenters. The van der Waals surface area contributed by atoms with Crippen LogP contribution >= 0.6 is 45.3 Å². The molecular formula is C70H86N2S4. The quantitative estimate of drug-likeness (QED) is 0.0310. The Labute approximate surface area is 474 Å². The van der Waals surface area contributed by atoms with E-state index in [-0.39, 0.29) is 10.8 Å². The number of unbranched alkanes of at least 4 members (excludes halogenated alkanes) is 20. The third-order valence-electron chi connectivity index (χ3n) is 17.7. The van der Waals surface area contributed by atoms with E-state index in [1.807, 2.05) is 33.6 Å². The van der Waals surface area contributed by atoms with Crippen molar-refractivity contribution in [2.75, 3.05) is 0 Å². The van der Waals surface area contributed by atoms with Crippen molar-refractivity contribution in [3.8, 4) is 43.1 Å². The fourth-order valence-corrected chi connectivity index (χ4v) is 17.7. The Hall–Kier alpha value is -4.20. The van der Waals surface area contributed by atoms with Gasteiger partial charge in [0.25, 0.3) is 0 Å². The molecule has 7 aromatic rings. The lowest BCUT2D eigenvalue weighted by Crippen LogP contribution is -2.25. The monoisotopic (exact) mass is 1080 g/mol. The number of nitrogens with zero attached hydrogens (tertiary/aromatic N) is 2. The minimum absolute atomic E-state index is 0.0766. The van der Waals surface area contributed by atoms with Gasteiger partial charge in [-0.3, -0.25) is 0 Å². The van der Waals surface area contributed by atoms with Gasteiger partial charge in [-0.25, -0.2) is 0 Å². The standard InChI is InChI=1S/C70H86N2S4/c1-5-9-13-17-21-29-45-69(46-30-22-18-14-10-6-2)57-35-27-25-33-53(57)55-39-37-51(49-59(55)69)61-41-43-63(73-61)67-65-66(72-76-71-65)68(75-67)64-44-42-62(74-64)52-38-40-56-54-34-26-28-36-58(54)70(60(56)50-52,47-31-23-19-15-11-7-3)48-32-24-20-16-12-8-4/h25-28,33-44,49-50H,5-24,29-32,45-48H2,1-4H3. The second kappa shape index (κ2) is 26.6. The van der Waals surface area contributed by atoms with Crippen LogP contribution in [0.15, 0.2) is 109 Å². The van der Waals surface area contributed by atoms with E-state index in [0.717, 1.165) is 11.4 Å². The van der Waals surface area contributed by atoms with E-state index in [9.17, 15) is 0 Å². The molecule has 0 amide bonds. The first-order valence-electron chi connectivity index (χ1n) is 30.5.